The fourth-order valence-corrected chi connectivity index (χ4v) is 0.768. The third-order valence-corrected chi connectivity index (χ3v) is 1.28. The van der Waals surface area contributed by atoms with E-state index in [2.05, 4.69) is 13.2 Å². The molecule has 0 N–H and O–H groups in total. The van der Waals surface area contributed by atoms with Gasteiger partial charge < -0.3 is 9.47 Å². The Morgan fingerprint density at radius 3 is 2.18 bits per heavy atom. The second kappa shape index (κ2) is 7.51. The summed E-state index contributed by atoms with van der Waals surface area (Å²) in [4.78, 5) is 0. The number of hydrogen-bond donors (Lipinski definition) is 0. The zero-order valence-corrected chi connectivity index (χ0v) is 7.08. The molecule has 0 saturated carbocycles. The minimum absolute atomic E-state index is 0.171. The summed E-state index contributed by atoms with van der Waals surface area (Å²) in [6, 6.07) is 0. The van der Waals surface area contributed by atoms with Gasteiger partial charge in [-0.05, 0) is 12.8 Å². The van der Waals surface area contributed by atoms with Gasteiger partial charge in [0.2, 0.25) is 0 Å². The molecule has 0 aliphatic heterocycles. The highest BCUT2D eigenvalue weighted by Gasteiger charge is 2.03. The molecule has 0 fully saturated rings. The van der Waals surface area contributed by atoms with Crippen LogP contribution in [-0.2, 0) is 9.47 Å². The zero-order chi connectivity index (χ0) is 8.53. The van der Waals surface area contributed by atoms with E-state index >= 15 is 0 Å². The van der Waals surface area contributed by atoms with Crippen molar-refractivity contribution in [3.63, 3.8) is 0 Å². The van der Waals surface area contributed by atoms with Crippen molar-refractivity contribution in [1.82, 2.24) is 0 Å². The normalized spacial score (nSPS) is 10.0. The molecule has 0 rings (SSSR count). The Bertz CT molecular complexity index is 100. The first-order valence-electron chi connectivity index (χ1n) is 3.67. The molecule has 0 aliphatic carbocycles. The van der Waals surface area contributed by atoms with Crippen molar-refractivity contribution in [2.75, 3.05) is 13.9 Å². The Hall–Kier alpha value is -0.600. The van der Waals surface area contributed by atoms with E-state index in [0.29, 0.717) is 6.79 Å². The quantitative estimate of drug-likeness (QED) is 0.415. The summed E-state index contributed by atoms with van der Waals surface area (Å²) in [5.41, 5.74) is 0. The van der Waals surface area contributed by atoms with E-state index in [9.17, 15) is 0 Å². The highest BCUT2D eigenvalue weighted by atomic mass is 16.7. The van der Waals surface area contributed by atoms with Crippen molar-refractivity contribution in [3.8, 4) is 0 Å². The fourth-order valence-electron chi connectivity index (χ4n) is 0.768. The van der Waals surface area contributed by atoms with E-state index in [0.717, 1.165) is 12.8 Å². The number of rotatable bonds is 7. The van der Waals surface area contributed by atoms with Crippen LogP contribution in [0.25, 0.3) is 0 Å². The largest absolute Gasteiger partial charge is 0.359 e. The fraction of sp³-hybridized carbons (Fsp3) is 0.556. The lowest BCUT2D eigenvalue weighted by Crippen LogP contribution is -2.12. The van der Waals surface area contributed by atoms with Gasteiger partial charge in [0.1, 0.15) is 6.79 Å². The number of ether oxygens (including phenoxy) is 2. The standard InChI is InChI=1S/C9H16O2/c1-4-6-9(7-5-2)11-8-10-3/h4-5,9H,1-2,6-8H2,3H3. The van der Waals surface area contributed by atoms with Crippen molar-refractivity contribution in [3.05, 3.63) is 25.3 Å². The molecular formula is C9H16O2. The summed E-state index contributed by atoms with van der Waals surface area (Å²) in [6.45, 7) is 7.61. The van der Waals surface area contributed by atoms with Crippen molar-refractivity contribution in [1.29, 1.82) is 0 Å². The molecule has 0 saturated heterocycles. The van der Waals surface area contributed by atoms with Gasteiger partial charge in [-0.2, -0.15) is 0 Å². The summed E-state index contributed by atoms with van der Waals surface area (Å²) in [5, 5.41) is 0. The third-order valence-electron chi connectivity index (χ3n) is 1.28. The predicted molar refractivity (Wildman–Crippen MR) is 46.4 cm³/mol. The van der Waals surface area contributed by atoms with E-state index in [1.165, 1.54) is 0 Å². The molecule has 0 aromatic heterocycles. The molecule has 0 aliphatic rings. The minimum Gasteiger partial charge on any atom is -0.359 e. The van der Waals surface area contributed by atoms with Gasteiger partial charge in [-0.15, -0.1) is 13.2 Å². The molecule has 0 amide bonds. The van der Waals surface area contributed by atoms with E-state index in [1.54, 1.807) is 7.11 Å². The molecule has 0 spiro atoms. The Balaban J connectivity index is 3.49. The molecule has 0 heterocycles. The van der Waals surface area contributed by atoms with Crippen LogP contribution in [0.2, 0.25) is 0 Å². The van der Waals surface area contributed by atoms with Crippen LogP contribution in [0.4, 0.5) is 0 Å². The van der Waals surface area contributed by atoms with Gasteiger partial charge in [-0.25, -0.2) is 0 Å². The van der Waals surface area contributed by atoms with Gasteiger partial charge in [0.25, 0.3) is 0 Å². The zero-order valence-electron chi connectivity index (χ0n) is 7.08. The SMILES string of the molecule is C=CCC(CC=C)OCOC. The van der Waals surface area contributed by atoms with Gasteiger partial charge >= 0.3 is 0 Å². The van der Waals surface area contributed by atoms with Crippen molar-refractivity contribution >= 4 is 0 Å². The highest BCUT2D eigenvalue weighted by molar-refractivity contribution is 4.79. The van der Waals surface area contributed by atoms with E-state index in [-0.39, 0.29) is 6.10 Å². The van der Waals surface area contributed by atoms with Gasteiger partial charge in [0.15, 0.2) is 0 Å². The Kier molecular flexibility index (Phi) is 7.10. The van der Waals surface area contributed by atoms with Crippen molar-refractivity contribution in [2.45, 2.75) is 18.9 Å². The third kappa shape index (κ3) is 5.83. The molecule has 64 valence electrons. The molecule has 0 aromatic carbocycles. The summed E-state index contributed by atoms with van der Waals surface area (Å²) in [5.74, 6) is 0. The maximum atomic E-state index is 5.31. The van der Waals surface area contributed by atoms with Crippen LogP contribution >= 0.6 is 0 Å². The summed E-state index contributed by atoms with van der Waals surface area (Å²) >= 11 is 0. The molecule has 0 radical (unpaired) electrons. The van der Waals surface area contributed by atoms with Crippen LogP contribution in [0, 0.1) is 0 Å². The van der Waals surface area contributed by atoms with Crippen molar-refractivity contribution < 1.29 is 9.47 Å². The summed E-state index contributed by atoms with van der Waals surface area (Å²) in [6.07, 6.45) is 5.53. The van der Waals surface area contributed by atoms with Gasteiger partial charge in [0.05, 0.1) is 6.10 Å². The molecule has 0 bridgehead atoms. The lowest BCUT2D eigenvalue weighted by Gasteiger charge is -2.12. The Labute approximate surface area is 68.5 Å². The lowest BCUT2D eigenvalue weighted by atomic mass is 10.2. The maximum absolute atomic E-state index is 5.31. The van der Waals surface area contributed by atoms with Gasteiger partial charge in [-0.1, -0.05) is 12.2 Å². The van der Waals surface area contributed by atoms with E-state index in [4.69, 9.17) is 9.47 Å². The molecule has 0 aromatic rings. The van der Waals surface area contributed by atoms with Crippen LogP contribution in [0.15, 0.2) is 25.3 Å². The first-order chi connectivity index (χ1) is 5.35. The van der Waals surface area contributed by atoms with E-state index in [1.807, 2.05) is 12.2 Å². The molecule has 2 heteroatoms. The van der Waals surface area contributed by atoms with Gasteiger partial charge in [0, 0.05) is 7.11 Å². The van der Waals surface area contributed by atoms with Gasteiger partial charge in [-0.3, -0.25) is 0 Å². The maximum Gasteiger partial charge on any atom is 0.146 e. The minimum atomic E-state index is 0.171. The van der Waals surface area contributed by atoms with E-state index < -0.39 is 0 Å². The Morgan fingerprint density at radius 1 is 1.27 bits per heavy atom. The monoisotopic (exact) mass is 156 g/mol. The van der Waals surface area contributed by atoms with Crippen LogP contribution < -0.4 is 0 Å². The van der Waals surface area contributed by atoms with Crippen LogP contribution in [0.5, 0.6) is 0 Å². The first-order valence-corrected chi connectivity index (χ1v) is 3.67. The highest BCUT2D eigenvalue weighted by Crippen LogP contribution is 2.04. The second-order valence-corrected chi connectivity index (χ2v) is 2.24. The molecule has 0 atom stereocenters. The van der Waals surface area contributed by atoms with Crippen LogP contribution in [-0.4, -0.2) is 20.0 Å². The predicted octanol–water partition coefficient (Wildman–Crippen LogP) is 2.13. The summed E-state index contributed by atoms with van der Waals surface area (Å²) in [7, 11) is 1.61. The van der Waals surface area contributed by atoms with Crippen LogP contribution in [0.3, 0.4) is 0 Å². The molecular weight excluding hydrogens is 140 g/mol. The molecule has 11 heavy (non-hydrogen) atoms. The number of methoxy groups -OCH3 is 1. The molecule has 2 nitrogen and oxygen atoms in total. The topological polar surface area (TPSA) is 18.5 Å². The second-order valence-electron chi connectivity index (χ2n) is 2.24. The average molecular weight is 156 g/mol. The number of hydrogen-bond acceptors (Lipinski definition) is 2. The first kappa shape index (κ1) is 10.4. The summed E-state index contributed by atoms with van der Waals surface area (Å²) < 4.78 is 10.1. The average Bonchev–Trinajstić information content (AvgIpc) is 2.01. The Morgan fingerprint density at radius 2 is 1.82 bits per heavy atom. The smallest absolute Gasteiger partial charge is 0.146 e. The van der Waals surface area contributed by atoms with Crippen LogP contribution in [0.1, 0.15) is 12.8 Å². The van der Waals surface area contributed by atoms with Crippen molar-refractivity contribution in [2.24, 2.45) is 0 Å². The molecule has 0 unspecified atom stereocenters. The lowest BCUT2D eigenvalue weighted by molar-refractivity contribution is -0.0690.